The van der Waals surface area contributed by atoms with Crippen molar-refractivity contribution >= 4 is 29.1 Å². The fraction of sp³-hybridized carbons (Fsp3) is 0.235. The average Bonchev–Trinajstić information content (AvgIpc) is 2.50. The second-order valence-electron chi connectivity index (χ2n) is 5.09. The zero-order valence-corrected chi connectivity index (χ0v) is 14.2. The average molecular weight is 356 g/mol. The van der Waals surface area contributed by atoms with Crippen molar-refractivity contribution in [2.75, 3.05) is 0 Å². The van der Waals surface area contributed by atoms with E-state index < -0.39 is 12.1 Å². The number of ether oxygens (including phenoxy) is 1. The Balaban J connectivity index is 2.01. The minimum atomic E-state index is -0.789. The molecule has 0 aliphatic rings. The number of nitrogens with one attached hydrogen (secondary N) is 1. The second-order valence-corrected chi connectivity index (χ2v) is 5.93. The molecule has 2 rings (SSSR count). The molecule has 23 heavy (non-hydrogen) atoms. The van der Waals surface area contributed by atoms with Crippen molar-refractivity contribution < 1.29 is 13.9 Å². The number of benzene rings is 2. The predicted molar refractivity (Wildman–Crippen MR) is 89.5 cm³/mol. The number of amides is 1. The van der Waals surface area contributed by atoms with E-state index in [9.17, 15) is 9.18 Å². The fourth-order valence-corrected chi connectivity index (χ4v) is 2.50. The Morgan fingerprint density at radius 1 is 1.17 bits per heavy atom. The van der Waals surface area contributed by atoms with E-state index in [0.717, 1.165) is 0 Å². The molecule has 0 unspecified atom stereocenters. The molecule has 0 fully saturated rings. The first kappa shape index (κ1) is 17.6. The zero-order chi connectivity index (χ0) is 17.0. The van der Waals surface area contributed by atoms with Gasteiger partial charge in [0.2, 0.25) is 0 Å². The van der Waals surface area contributed by atoms with Crippen LogP contribution < -0.4 is 10.1 Å². The van der Waals surface area contributed by atoms with Crippen molar-refractivity contribution in [2.24, 2.45) is 0 Å². The van der Waals surface area contributed by atoms with Crippen LogP contribution in [0.3, 0.4) is 0 Å². The number of carbonyl (C=O) groups excluding carboxylic acids is 1. The Labute approximate surface area is 144 Å². The summed E-state index contributed by atoms with van der Waals surface area (Å²) in [4.78, 5) is 12.2. The number of hydrogen-bond donors (Lipinski definition) is 1. The van der Waals surface area contributed by atoms with E-state index in [4.69, 9.17) is 27.9 Å². The van der Waals surface area contributed by atoms with Gasteiger partial charge in [-0.05, 0) is 38.1 Å². The highest BCUT2D eigenvalue weighted by Gasteiger charge is 2.20. The van der Waals surface area contributed by atoms with Gasteiger partial charge >= 0.3 is 0 Å². The Bertz CT molecular complexity index is 709. The molecular formula is C17H16Cl2FNO2. The largest absolute Gasteiger partial charge is 0.479 e. The van der Waals surface area contributed by atoms with Gasteiger partial charge < -0.3 is 10.1 Å². The van der Waals surface area contributed by atoms with Crippen molar-refractivity contribution in [1.82, 2.24) is 5.32 Å². The molecule has 0 aliphatic heterocycles. The van der Waals surface area contributed by atoms with E-state index in [2.05, 4.69) is 5.32 Å². The van der Waals surface area contributed by atoms with Crippen LogP contribution in [0, 0.1) is 5.82 Å². The maximum absolute atomic E-state index is 13.7. The monoisotopic (exact) mass is 355 g/mol. The highest BCUT2D eigenvalue weighted by Crippen LogP contribution is 2.28. The minimum absolute atomic E-state index is 0.319. The normalized spacial score (nSPS) is 13.3. The van der Waals surface area contributed by atoms with Crippen molar-refractivity contribution in [3.63, 3.8) is 0 Å². The molecule has 2 aromatic carbocycles. The summed E-state index contributed by atoms with van der Waals surface area (Å²) in [6, 6.07) is 10.6. The van der Waals surface area contributed by atoms with E-state index >= 15 is 0 Å². The second kappa shape index (κ2) is 7.66. The van der Waals surface area contributed by atoms with Crippen LogP contribution in [0.4, 0.5) is 4.39 Å². The van der Waals surface area contributed by atoms with Gasteiger partial charge in [-0.15, -0.1) is 0 Å². The van der Waals surface area contributed by atoms with Crippen molar-refractivity contribution in [3.8, 4) is 5.75 Å². The lowest BCUT2D eigenvalue weighted by Crippen LogP contribution is -2.38. The molecule has 1 amide bonds. The molecular weight excluding hydrogens is 340 g/mol. The number of carbonyl (C=O) groups is 1. The lowest BCUT2D eigenvalue weighted by atomic mass is 10.1. The van der Waals surface area contributed by atoms with Crippen LogP contribution in [-0.2, 0) is 4.79 Å². The Kier molecular flexibility index (Phi) is 5.85. The SMILES string of the molecule is C[C@H](NC(=O)[C@@H](C)Oc1ccc(Cl)cc1Cl)c1ccccc1F. The van der Waals surface area contributed by atoms with Crippen LogP contribution >= 0.6 is 23.2 Å². The highest BCUT2D eigenvalue weighted by atomic mass is 35.5. The summed E-state index contributed by atoms with van der Waals surface area (Å²) >= 11 is 11.8. The van der Waals surface area contributed by atoms with Gasteiger partial charge in [0.05, 0.1) is 11.1 Å². The molecule has 0 spiro atoms. The smallest absolute Gasteiger partial charge is 0.261 e. The number of rotatable bonds is 5. The van der Waals surface area contributed by atoms with E-state index in [1.54, 1.807) is 44.2 Å². The van der Waals surface area contributed by atoms with Crippen molar-refractivity contribution in [1.29, 1.82) is 0 Å². The van der Waals surface area contributed by atoms with E-state index in [-0.39, 0.29) is 11.7 Å². The van der Waals surface area contributed by atoms with Crippen LogP contribution in [0.1, 0.15) is 25.5 Å². The molecule has 1 N–H and O–H groups in total. The summed E-state index contributed by atoms with van der Waals surface area (Å²) in [5, 5.41) is 3.51. The van der Waals surface area contributed by atoms with Crippen molar-refractivity contribution in [3.05, 3.63) is 63.9 Å². The molecule has 0 saturated carbocycles. The summed E-state index contributed by atoms with van der Waals surface area (Å²) in [5.74, 6) is -0.376. The van der Waals surface area contributed by atoms with Gasteiger partial charge in [-0.3, -0.25) is 4.79 Å². The lowest BCUT2D eigenvalue weighted by molar-refractivity contribution is -0.127. The summed E-state index contributed by atoms with van der Waals surface area (Å²) in [7, 11) is 0. The van der Waals surface area contributed by atoms with Crippen LogP contribution in [0.2, 0.25) is 10.0 Å². The molecule has 0 aromatic heterocycles. The molecule has 0 aliphatic carbocycles. The first-order valence-corrected chi connectivity index (χ1v) is 7.80. The maximum atomic E-state index is 13.7. The first-order valence-electron chi connectivity index (χ1n) is 7.05. The molecule has 3 nitrogen and oxygen atoms in total. The topological polar surface area (TPSA) is 38.3 Å². The predicted octanol–water partition coefficient (Wildman–Crippen LogP) is 4.78. The van der Waals surface area contributed by atoms with E-state index in [1.165, 1.54) is 12.1 Å². The van der Waals surface area contributed by atoms with Gasteiger partial charge in [0.25, 0.3) is 5.91 Å². The minimum Gasteiger partial charge on any atom is -0.479 e. The summed E-state index contributed by atoms with van der Waals surface area (Å²) in [6.07, 6.45) is -0.789. The maximum Gasteiger partial charge on any atom is 0.261 e. The van der Waals surface area contributed by atoms with Gasteiger partial charge in [-0.2, -0.15) is 0 Å². The standard InChI is InChI=1S/C17H16Cl2FNO2/c1-10(13-5-3-4-6-15(13)20)21-17(22)11(2)23-16-8-7-12(18)9-14(16)19/h3-11H,1-2H3,(H,21,22)/t10-,11+/m0/s1. The highest BCUT2D eigenvalue weighted by molar-refractivity contribution is 6.35. The number of halogens is 3. The van der Waals surface area contributed by atoms with Crippen LogP contribution in [0.25, 0.3) is 0 Å². The fourth-order valence-electron chi connectivity index (χ4n) is 2.05. The van der Waals surface area contributed by atoms with Gasteiger partial charge in [0, 0.05) is 10.6 Å². The van der Waals surface area contributed by atoms with Crippen LogP contribution in [0.15, 0.2) is 42.5 Å². The molecule has 0 radical (unpaired) electrons. The van der Waals surface area contributed by atoms with Gasteiger partial charge in [-0.25, -0.2) is 4.39 Å². The molecule has 0 bridgehead atoms. The van der Waals surface area contributed by atoms with E-state index in [0.29, 0.717) is 21.4 Å². The Morgan fingerprint density at radius 2 is 1.87 bits per heavy atom. The third-order valence-electron chi connectivity index (χ3n) is 3.30. The molecule has 122 valence electrons. The molecule has 2 atom stereocenters. The molecule has 0 saturated heterocycles. The number of hydrogen-bond acceptors (Lipinski definition) is 2. The Morgan fingerprint density at radius 3 is 2.52 bits per heavy atom. The third-order valence-corrected chi connectivity index (χ3v) is 3.83. The van der Waals surface area contributed by atoms with Gasteiger partial charge in [0.15, 0.2) is 6.10 Å². The van der Waals surface area contributed by atoms with Crippen LogP contribution in [-0.4, -0.2) is 12.0 Å². The Hall–Kier alpha value is -1.78. The summed E-state index contributed by atoms with van der Waals surface area (Å²) < 4.78 is 19.2. The molecule has 0 heterocycles. The quantitative estimate of drug-likeness (QED) is 0.838. The molecule has 2 aromatic rings. The van der Waals surface area contributed by atoms with Crippen molar-refractivity contribution in [2.45, 2.75) is 26.0 Å². The summed E-state index contributed by atoms with van der Waals surface area (Å²) in [5.41, 5.74) is 0.414. The van der Waals surface area contributed by atoms with Gasteiger partial charge in [-0.1, -0.05) is 41.4 Å². The third kappa shape index (κ3) is 4.60. The first-order chi connectivity index (χ1) is 10.9. The molecule has 6 heteroatoms. The summed E-state index contributed by atoms with van der Waals surface area (Å²) in [6.45, 7) is 3.30. The lowest BCUT2D eigenvalue weighted by Gasteiger charge is -2.19. The van der Waals surface area contributed by atoms with Crippen LogP contribution in [0.5, 0.6) is 5.75 Å². The zero-order valence-electron chi connectivity index (χ0n) is 12.6. The van der Waals surface area contributed by atoms with E-state index in [1.807, 2.05) is 0 Å². The van der Waals surface area contributed by atoms with Gasteiger partial charge in [0.1, 0.15) is 11.6 Å².